The quantitative estimate of drug-likeness (QED) is 0.839. The summed E-state index contributed by atoms with van der Waals surface area (Å²) in [5, 5.41) is 5.16. The highest BCUT2D eigenvalue weighted by Gasteiger charge is 2.18. The van der Waals surface area contributed by atoms with Gasteiger partial charge < -0.3 is 10.2 Å². The Bertz CT molecular complexity index is 769. The van der Waals surface area contributed by atoms with Crippen LogP contribution in [-0.2, 0) is 11.3 Å². The molecule has 3 rings (SSSR count). The van der Waals surface area contributed by atoms with E-state index in [1.807, 2.05) is 29.2 Å². The number of carbonyl (C=O) groups is 1. The summed E-state index contributed by atoms with van der Waals surface area (Å²) in [4.78, 5) is 33.4. The van der Waals surface area contributed by atoms with Gasteiger partial charge in [-0.3, -0.25) is 18.9 Å². The van der Waals surface area contributed by atoms with Crippen molar-refractivity contribution in [3.8, 4) is 0 Å². The van der Waals surface area contributed by atoms with Gasteiger partial charge in [0.25, 0.3) is 5.56 Å². The zero-order valence-corrected chi connectivity index (χ0v) is 15.5. The van der Waals surface area contributed by atoms with Crippen LogP contribution in [0.1, 0.15) is 11.4 Å². The van der Waals surface area contributed by atoms with Gasteiger partial charge in [0.2, 0.25) is 5.91 Å². The Kier molecular flexibility index (Phi) is 6.34. The van der Waals surface area contributed by atoms with Crippen molar-refractivity contribution in [3.63, 3.8) is 0 Å². The maximum absolute atomic E-state index is 12.3. The van der Waals surface area contributed by atoms with Crippen molar-refractivity contribution in [1.82, 2.24) is 24.5 Å². The van der Waals surface area contributed by atoms with E-state index in [-0.39, 0.29) is 23.9 Å². The minimum absolute atomic E-state index is 0. The number of amides is 1. The van der Waals surface area contributed by atoms with Crippen LogP contribution >= 0.6 is 23.7 Å². The Morgan fingerprint density at radius 2 is 2.12 bits per heavy atom. The number of hydrogen-bond acceptors (Lipinski definition) is 6. The normalized spacial score (nSPS) is 14.9. The predicted octanol–water partition coefficient (Wildman–Crippen LogP) is 0.350. The van der Waals surface area contributed by atoms with Gasteiger partial charge in [0.1, 0.15) is 0 Å². The first-order valence-corrected chi connectivity index (χ1v) is 8.56. The molecule has 7 nitrogen and oxygen atoms in total. The molecule has 132 valence electrons. The molecule has 24 heavy (non-hydrogen) atoms. The fourth-order valence-corrected chi connectivity index (χ4v) is 3.65. The van der Waals surface area contributed by atoms with E-state index in [1.165, 1.54) is 11.3 Å². The zero-order chi connectivity index (χ0) is 16.4. The Hall–Kier alpha value is -1.48. The molecule has 0 aromatic carbocycles. The molecular formula is C15H22ClN5O2S. The SMILES string of the molecule is Cc1csc2nc(CN(C)CC(=O)N3CCNCC3)cc(=O)n12.Cl. The van der Waals surface area contributed by atoms with E-state index in [2.05, 4.69) is 10.3 Å². The van der Waals surface area contributed by atoms with Crippen molar-refractivity contribution in [3.05, 3.63) is 33.2 Å². The third-order valence-electron chi connectivity index (χ3n) is 3.94. The van der Waals surface area contributed by atoms with Crippen molar-refractivity contribution in [2.75, 3.05) is 39.8 Å². The van der Waals surface area contributed by atoms with Crippen molar-refractivity contribution in [2.24, 2.45) is 0 Å². The largest absolute Gasteiger partial charge is 0.339 e. The summed E-state index contributed by atoms with van der Waals surface area (Å²) in [5.41, 5.74) is 1.54. The fraction of sp³-hybridized carbons (Fsp3) is 0.533. The lowest BCUT2D eigenvalue weighted by molar-refractivity contribution is -0.132. The molecule has 1 amide bonds. The van der Waals surface area contributed by atoms with Crippen LogP contribution in [0.3, 0.4) is 0 Å². The molecule has 0 atom stereocenters. The lowest BCUT2D eigenvalue weighted by Gasteiger charge is -2.29. The molecule has 2 aromatic heterocycles. The number of nitrogens with zero attached hydrogens (tertiary/aromatic N) is 4. The minimum atomic E-state index is -0.0643. The second kappa shape index (κ2) is 8.06. The van der Waals surface area contributed by atoms with Gasteiger partial charge in [-0.1, -0.05) is 0 Å². The van der Waals surface area contributed by atoms with Crippen molar-refractivity contribution in [1.29, 1.82) is 0 Å². The van der Waals surface area contributed by atoms with Crippen LogP contribution in [0.5, 0.6) is 0 Å². The molecule has 0 unspecified atom stereocenters. The average Bonchev–Trinajstić information content (AvgIpc) is 2.89. The van der Waals surface area contributed by atoms with Crippen LogP contribution in [0.25, 0.3) is 4.96 Å². The summed E-state index contributed by atoms with van der Waals surface area (Å²) >= 11 is 1.46. The van der Waals surface area contributed by atoms with Crippen molar-refractivity contribution < 1.29 is 4.79 Å². The summed E-state index contributed by atoms with van der Waals surface area (Å²) in [6.07, 6.45) is 0. The number of nitrogens with one attached hydrogen (secondary N) is 1. The number of piperazine rings is 1. The van der Waals surface area contributed by atoms with Crippen LogP contribution in [0.15, 0.2) is 16.2 Å². The van der Waals surface area contributed by atoms with E-state index in [4.69, 9.17) is 0 Å². The molecular weight excluding hydrogens is 350 g/mol. The van der Waals surface area contributed by atoms with Crippen LogP contribution in [0, 0.1) is 6.92 Å². The van der Waals surface area contributed by atoms with Gasteiger partial charge in [-0.15, -0.1) is 23.7 Å². The van der Waals surface area contributed by atoms with Gasteiger partial charge in [-0.05, 0) is 14.0 Å². The number of aryl methyl sites for hydroxylation is 1. The Morgan fingerprint density at radius 1 is 1.42 bits per heavy atom. The number of hydrogen-bond donors (Lipinski definition) is 1. The Labute approximate surface area is 150 Å². The van der Waals surface area contributed by atoms with Gasteiger partial charge in [0, 0.05) is 49.9 Å². The van der Waals surface area contributed by atoms with Gasteiger partial charge in [-0.25, -0.2) is 4.98 Å². The third-order valence-corrected chi connectivity index (χ3v) is 4.88. The second-order valence-corrected chi connectivity index (χ2v) is 6.72. The maximum Gasteiger partial charge on any atom is 0.259 e. The van der Waals surface area contributed by atoms with E-state index in [1.54, 1.807) is 10.5 Å². The molecule has 1 aliphatic heterocycles. The highest BCUT2D eigenvalue weighted by molar-refractivity contribution is 7.15. The average molecular weight is 372 g/mol. The molecule has 0 aliphatic carbocycles. The first-order chi connectivity index (χ1) is 11.0. The first-order valence-electron chi connectivity index (χ1n) is 7.68. The van der Waals surface area contributed by atoms with Gasteiger partial charge in [0.15, 0.2) is 4.96 Å². The number of carbonyl (C=O) groups excluding carboxylic acids is 1. The van der Waals surface area contributed by atoms with Gasteiger partial charge >= 0.3 is 0 Å². The van der Waals surface area contributed by atoms with Crippen LogP contribution in [0.2, 0.25) is 0 Å². The zero-order valence-electron chi connectivity index (χ0n) is 13.8. The number of fused-ring (bicyclic) bond motifs is 1. The van der Waals surface area contributed by atoms with E-state index < -0.39 is 0 Å². The van der Waals surface area contributed by atoms with E-state index in [0.29, 0.717) is 23.7 Å². The molecule has 3 heterocycles. The Morgan fingerprint density at radius 3 is 2.83 bits per heavy atom. The highest BCUT2D eigenvalue weighted by atomic mass is 35.5. The second-order valence-electron chi connectivity index (χ2n) is 5.88. The molecule has 1 fully saturated rings. The number of aromatic nitrogens is 2. The molecule has 2 aromatic rings. The number of thiazole rings is 1. The molecule has 1 saturated heterocycles. The third kappa shape index (κ3) is 4.13. The summed E-state index contributed by atoms with van der Waals surface area (Å²) in [6, 6.07) is 1.55. The van der Waals surface area contributed by atoms with E-state index in [9.17, 15) is 9.59 Å². The molecule has 1 aliphatic rings. The molecule has 0 spiro atoms. The molecule has 1 N–H and O–H groups in total. The number of rotatable bonds is 4. The smallest absolute Gasteiger partial charge is 0.259 e. The lowest BCUT2D eigenvalue weighted by atomic mass is 10.3. The summed E-state index contributed by atoms with van der Waals surface area (Å²) in [5.74, 6) is 0.124. The topological polar surface area (TPSA) is 70.0 Å². The number of halogens is 1. The highest BCUT2D eigenvalue weighted by Crippen LogP contribution is 2.12. The molecule has 0 radical (unpaired) electrons. The lowest BCUT2D eigenvalue weighted by Crippen LogP contribution is -2.49. The van der Waals surface area contributed by atoms with Crippen LogP contribution in [0.4, 0.5) is 0 Å². The van der Waals surface area contributed by atoms with Crippen LogP contribution in [-0.4, -0.2) is 64.9 Å². The van der Waals surface area contributed by atoms with Crippen molar-refractivity contribution >= 4 is 34.6 Å². The standard InChI is InChI=1S/C15H21N5O2S.ClH/c1-11-10-23-15-17-12(7-13(21)20(11)15)8-18(2)9-14(22)19-5-3-16-4-6-19;/h7,10,16H,3-6,8-9H2,1-2H3;1H. The molecule has 0 bridgehead atoms. The summed E-state index contributed by atoms with van der Waals surface area (Å²) in [6.45, 7) is 5.93. The molecule has 9 heteroatoms. The number of likely N-dealkylation sites (N-methyl/N-ethyl adjacent to an activating group) is 1. The fourth-order valence-electron chi connectivity index (χ4n) is 2.76. The van der Waals surface area contributed by atoms with Crippen molar-refractivity contribution in [2.45, 2.75) is 13.5 Å². The Balaban J connectivity index is 0.00000208. The van der Waals surface area contributed by atoms with E-state index >= 15 is 0 Å². The minimum Gasteiger partial charge on any atom is -0.339 e. The van der Waals surface area contributed by atoms with E-state index in [0.717, 1.165) is 31.9 Å². The summed E-state index contributed by atoms with van der Waals surface area (Å²) < 4.78 is 1.61. The monoisotopic (exact) mass is 371 g/mol. The maximum atomic E-state index is 12.3. The van der Waals surface area contributed by atoms with Crippen LogP contribution < -0.4 is 10.9 Å². The molecule has 0 saturated carbocycles. The first kappa shape index (κ1) is 18.9. The van der Waals surface area contributed by atoms with Gasteiger partial charge in [0.05, 0.1) is 12.2 Å². The summed E-state index contributed by atoms with van der Waals surface area (Å²) in [7, 11) is 1.88. The predicted molar refractivity (Wildman–Crippen MR) is 97.1 cm³/mol. The van der Waals surface area contributed by atoms with Gasteiger partial charge in [-0.2, -0.15) is 0 Å².